The average molecular weight is 398 g/mol. The predicted octanol–water partition coefficient (Wildman–Crippen LogP) is 6.36. The maximum atomic E-state index is 2.44. The second-order valence-corrected chi connectivity index (χ2v) is 8.01. The third-order valence-corrected chi connectivity index (χ3v) is 5.89. The van der Waals surface area contributed by atoms with Crippen LogP contribution < -0.4 is 0 Å². The quantitative estimate of drug-likeness (QED) is 0.491. The molecule has 0 saturated heterocycles. The molecule has 0 heterocycles. The van der Waals surface area contributed by atoms with Crippen molar-refractivity contribution in [3.8, 4) is 11.1 Å². The molecule has 2 aliphatic carbocycles. The smallest absolute Gasteiger partial charge is 0.0158 e. The molecular formula is C21H19I. The Morgan fingerprint density at radius 1 is 1.00 bits per heavy atom. The lowest BCUT2D eigenvalue weighted by Crippen LogP contribution is -2.15. The van der Waals surface area contributed by atoms with Crippen molar-refractivity contribution in [2.24, 2.45) is 0 Å². The highest BCUT2D eigenvalue weighted by Gasteiger charge is 2.35. The van der Waals surface area contributed by atoms with Gasteiger partial charge in [-0.1, -0.05) is 74.5 Å². The molecule has 0 radical (unpaired) electrons. The topological polar surface area (TPSA) is 0 Å². The highest BCUT2D eigenvalue weighted by atomic mass is 127. The first kappa shape index (κ1) is 14.3. The fourth-order valence-corrected chi connectivity index (χ4v) is 4.26. The predicted molar refractivity (Wildman–Crippen MR) is 103 cm³/mol. The van der Waals surface area contributed by atoms with Crippen LogP contribution in [-0.2, 0) is 5.41 Å². The van der Waals surface area contributed by atoms with E-state index in [9.17, 15) is 0 Å². The molecule has 1 unspecified atom stereocenters. The van der Waals surface area contributed by atoms with E-state index < -0.39 is 0 Å². The Kier molecular flexibility index (Phi) is 3.30. The maximum Gasteiger partial charge on any atom is 0.0158 e. The summed E-state index contributed by atoms with van der Waals surface area (Å²) in [5, 5.41) is 0. The van der Waals surface area contributed by atoms with Gasteiger partial charge < -0.3 is 0 Å². The van der Waals surface area contributed by atoms with E-state index in [2.05, 4.69) is 97.1 Å². The van der Waals surface area contributed by atoms with Crippen molar-refractivity contribution in [1.29, 1.82) is 0 Å². The van der Waals surface area contributed by atoms with E-state index in [-0.39, 0.29) is 5.41 Å². The molecule has 0 spiro atoms. The Bertz CT molecular complexity index is 808. The van der Waals surface area contributed by atoms with Gasteiger partial charge in [-0.25, -0.2) is 0 Å². The lowest BCUT2D eigenvalue weighted by molar-refractivity contribution is 0.658. The molecule has 110 valence electrons. The number of hydrogen-bond acceptors (Lipinski definition) is 0. The summed E-state index contributed by atoms with van der Waals surface area (Å²) in [5.41, 5.74) is 7.29. The van der Waals surface area contributed by atoms with Crippen LogP contribution in [0.2, 0.25) is 0 Å². The zero-order valence-electron chi connectivity index (χ0n) is 12.9. The van der Waals surface area contributed by atoms with Gasteiger partial charge in [0.2, 0.25) is 0 Å². The lowest BCUT2D eigenvalue weighted by atomic mass is 9.80. The van der Waals surface area contributed by atoms with Crippen LogP contribution in [0.5, 0.6) is 0 Å². The monoisotopic (exact) mass is 398 g/mol. The van der Waals surface area contributed by atoms with Gasteiger partial charge in [-0.15, -0.1) is 0 Å². The Morgan fingerprint density at radius 2 is 1.77 bits per heavy atom. The van der Waals surface area contributed by atoms with Gasteiger partial charge in [0.15, 0.2) is 0 Å². The lowest BCUT2D eigenvalue weighted by Gasteiger charge is -2.23. The van der Waals surface area contributed by atoms with Crippen LogP contribution in [-0.4, -0.2) is 0 Å². The zero-order chi connectivity index (χ0) is 15.3. The Hall–Kier alpha value is -1.35. The first-order chi connectivity index (χ1) is 10.6. The highest BCUT2D eigenvalue weighted by molar-refractivity contribution is 14.1. The van der Waals surface area contributed by atoms with E-state index in [1.165, 1.54) is 31.4 Å². The van der Waals surface area contributed by atoms with Crippen LogP contribution in [0.15, 0.2) is 64.3 Å². The zero-order valence-corrected chi connectivity index (χ0v) is 15.1. The normalized spacial score (nSPS) is 21.2. The van der Waals surface area contributed by atoms with E-state index in [0.29, 0.717) is 5.92 Å². The average Bonchev–Trinajstić information content (AvgIpc) is 2.77. The third-order valence-electron chi connectivity index (χ3n) is 5.09. The maximum absolute atomic E-state index is 2.44. The second kappa shape index (κ2) is 5.09. The molecule has 2 aromatic carbocycles. The molecule has 0 amide bonds. The molecule has 0 aliphatic heterocycles. The van der Waals surface area contributed by atoms with Crippen molar-refractivity contribution in [1.82, 2.24) is 0 Å². The fourth-order valence-electron chi connectivity index (χ4n) is 3.79. The number of fused-ring (bicyclic) bond motifs is 3. The molecule has 0 fully saturated rings. The number of rotatable bonds is 1. The summed E-state index contributed by atoms with van der Waals surface area (Å²) in [4.78, 5) is 0. The first-order valence-corrected chi connectivity index (χ1v) is 8.93. The van der Waals surface area contributed by atoms with Gasteiger partial charge in [0.1, 0.15) is 0 Å². The van der Waals surface area contributed by atoms with E-state index in [0.717, 1.165) is 6.42 Å². The van der Waals surface area contributed by atoms with E-state index in [1.54, 1.807) is 0 Å². The van der Waals surface area contributed by atoms with Crippen LogP contribution in [0.1, 0.15) is 42.9 Å². The van der Waals surface area contributed by atoms with Gasteiger partial charge in [-0.05, 0) is 56.8 Å². The van der Waals surface area contributed by atoms with E-state index >= 15 is 0 Å². The first-order valence-electron chi connectivity index (χ1n) is 7.85. The van der Waals surface area contributed by atoms with E-state index in [4.69, 9.17) is 0 Å². The minimum Gasteiger partial charge on any atom is -0.0757 e. The summed E-state index contributed by atoms with van der Waals surface area (Å²) in [5.74, 6) is 0.517. The van der Waals surface area contributed by atoms with Crippen molar-refractivity contribution in [2.75, 3.05) is 0 Å². The standard InChI is InChI=1S/C21H19I/c1-21(2)19-6-4-3-5-17(19)18-12-9-15(13-20(18)21)14-7-10-16(22)11-8-14/h3-7,9-14H,8H2,1-2H3. The number of allylic oxidation sites excluding steroid dienone is 4. The van der Waals surface area contributed by atoms with Crippen LogP contribution in [0.4, 0.5) is 0 Å². The Morgan fingerprint density at radius 3 is 2.55 bits per heavy atom. The molecular weight excluding hydrogens is 379 g/mol. The minimum atomic E-state index is 0.102. The molecule has 22 heavy (non-hydrogen) atoms. The van der Waals surface area contributed by atoms with Crippen molar-refractivity contribution in [2.45, 2.75) is 31.6 Å². The number of benzene rings is 2. The molecule has 4 rings (SSSR count). The van der Waals surface area contributed by atoms with Gasteiger partial charge in [0.25, 0.3) is 0 Å². The van der Waals surface area contributed by atoms with Gasteiger partial charge in [0, 0.05) is 14.9 Å². The molecule has 0 aromatic heterocycles. The van der Waals surface area contributed by atoms with Crippen molar-refractivity contribution >= 4 is 22.6 Å². The van der Waals surface area contributed by atoms with Crippen LogP contribution in [0, 0.1) is 0 Å². The molecule has 0 N–H and O–H groups in total. The highest BCUT2D eigenvalue weighted by Crippen LogP contribution is 2.49. The summed E-state index contributed by atoms with van der Waals surface area (Å²) in [7, 11) is 0. The second-order valence-electron chi connectivity index (χ2n) is 6.77. The van der Waals surface area contributed by atoms with Gasteiger partial charge >= 0.3 is 0 Å². The third kappa shape index (κ3) is 2.10. The molecule has 1 atom stereocenters. The molecule has 0 bridgehead atoms. The van der Waals surface area contributed by atoms with Crippen LogP contribution >= 0.6 is 22.6 Å². The van der Waals surface area contributed by atoms with Crippen molar-refractivity contribution < 1.29 is 0 Å². The van der Waals surface area contributed by atoms with Crippen molar-refractivity contribution in [3.05, 3.63) is 81.0 Å². The summed E-state index contributed by atoms with van der Waals surface area (Å²) < 4.78 is 1.35. The molecule has 0 saturated carbocycles. The number of halogens is 1. The fraction of sp³-hybridized carbons (Fsp3) is 0.238. The SMILES string of the molecule is CC1(C)c2ccccc2-c2ccc(C3C=CC(I)=CC3)cc21. The molecule has 0 nitrogen and oxygen atoms in total. The van der Waals surface area contributed by atoms with Crippen LogP contribution in [0.3, 0.4) is 0 Å². The van der Waals surface area contributed by atoms with Gasteiger partial charge in [-0.3, -0.25) is 0 Å². The summed E-state index contributed by atoms with van der Waals surface area (Å²) >= 11 is 2.40. The molecule has 1 heteroatoms. The summed E-state index contributed by atoms with van der Waals surface area (Å²) in [6.45, 7) is 4.70. The van der Waals surface area contributed by atoms with Gasteiger partial charge in [-0.2, -0.15) is 0 Å². The van der Waals surface area contributed by atoms with Crippen molar-refractivity contribution in [3.63, 3.8) is 0 Å². The largest absolute Gasteiger partial charge is 0.0757 e. The molecule has 2 aromatic rings. The minimum absolute atomic E-state index is 0.102. The Labute approximate surface area is 146 Å². The van der Waals surface area contributed by atoms with E-state index in [1.807, 2.05) is 0 Å². The number of hydrogen-bond donors (Lipinski definition) is 0. The summed E-state index contributed by atoms with van der Waals surface area (Å²) in [6.07, 6.45) is 8.03. The summed E-state index contributed by atoms with van der Waals surface area (Å²) in [6, 6.07) is 15.9. The van der Waals surface area contributed by atoms with Crippen LogP contribution in [0.25, 0.3) is 11.1 Å². The Balaban J connectivity index is 1.81. The molecule has 2 aliphatic rings. The van der Waals surface area contributed by atoms with Gasteiger partial charge in [0.05, 0.1) is 0 Å².